The van der Waals surface area contributed by atoms with Crippen LogP contribution >= 0.6 is 11.3 Å². The standard InChI is InChI=1S/C57H78N12O7S/c1-36(38-16-18-41(19-17-38)50-37(2)60-35-77-50)61-54(74)45-31-44(70)34-69(45)55(75)51(57(3,4)5)64-47(71)14-10-8-7-9-11-15-48(72)66-27-24-40(25-28-66)39-20-22-42(23-21-39)62-53-49(52(58)73)59-32-46(63-53)67-26-12-13-43(33-67)68-30-29-65(6)56(68)76/h16-23,32,35-36,40,43-45,51,70H,7-15,24-31,33-34H2,1-6H3,(H2,58,73)(H,61,74)(H,62,63)(H,64,71)/t36-,43+,44+,45-,51+/m0/s1. The third kappa shape index (κ3) is 14.1. The maximum absolute atomic E-state index is 14.2. The summed E-state index contributed by atoms with van der Waals surface area (Å²) in [5.74, 6) is -0.285. The number of hydrogen-bond acceptors (Lipinski definition) is 13. The number of carbonyl (C=O) groups excluding carboxylic acids is 6. The maximum atomic E-state index is 14.2. The lowest BCUT2D eigenvalue weighted by molar-refractivity contribution is -0.144. The second-order valence-corrected chi connectivity index (χ2v) is 23.3. The molecule has 6 heterocycles. The number of hydrogen-bond donors (Lipinski definition) is 5. The van der Waals surface area contributed by atoms with E-state index in [1.165, 1.54) is 10.5 Å². The van der Waals surface area contributed by atoms with Gasteiger partial charge < -0.3 is 51.3 Å². The summed E-state index contributed by atoms with van der Waals surface area (Å²) in [7, 11) is 1.82. The van der Waals surface area contributed by atoms with Gasteiger partial charge in [0, 0.05) is 77.8 Å². The number of likely N-dealkylation sites (tertiary alicyclic amines) is 2. The van der Waals surface area contributed by atoms with Crippen molar-refractivity contribution in [2.45, 2.75) is 148 Å². The molecular formula is C57H78N12O7S. The SMILES string of the molecule is Cc1ncsc1-c1ccc([C@H](C)NC(=O)[C@@H]2C[C@@H](O)CN2C(=O)[C@@H](NC(=O)CCCCCCCC(=O)N2CCC(c3ccc(Nc4nc(N5CCC[C@@H](N6CCN(C)C6=O)C5)cnc4C(N)=O)cc3)CC2)C(C)(C)C)cc1. The minimum Gasteiger partial charge on any atom is -0.391 e. The number of likely N-dealkylation sites (N-methyl/N-ethyl adjacent to an activating group) is 1. The Morgan fingerprint density at radius 2 is 1.56 bits per heavy atom. The fraction of sp³-hybridized carbons (Fsp3) is 0.561. The number of nitrogens with one attached hydrogen (secondary N) is 3. The van der Waals surface area contributed by atoms with Gasteiger partial charge in [0.2, 0.25) is 23.6 Å². The zero-order valence-corrected chi connectivity index (χ0v) is 46.4. The average Bonchev–Trinajstić information content (AvgIpc) is 4.16. The molecule has 0 spiro atoms. The highest BCUT2D eigenvalue weighted by molar-refractivity contribution is 7.13. The highest BCUT2D eigenvalue weighted by atomic mass is 32.1. The number of rotatable bonds is 20. The molecule has 8 rings (SSSR count). The summed E-state index contributed by atoms with van der Waals surface area (Å²) in [5.41, 5.74) is 11.8. The van der Waals surface area contributed by atoms with E-state index in [9.17, 15) is 33.9 Å². The quantitative estimate of drug-likeness (QED) is 0.0569. The van der Waals surface area contributed by atoms with Gasteiger partial charge in [-0.1, -0.05) is 76.4 Å². The highest BCUT2D eigenvalue weighted by Gasteiger charge is 2.45. The van der Waals surface area contributed by atoms with Gasteiger partial charge in [-0.15, -0.1) is 11.3 Å². The summed E-state index contributed by atoms with van der Waals surface area (Å²) in [6.45, 7) is 13.7. The van der Waals surface area contributed by atoms with Crippen LogP contribution in [0, 0.1) is 12.3 Å². The first kappa shape index (κ1) is 56.5. The van der Waals surface area contributed by atoms with Crippen molar-refractivity contribution < 1.29 is 33.9 Å². The third-order valence-electron chi connectivity index (χ3n) is 15.8. The molecule has 4 aliphatic rings. The second-order valence-electron chi connectivity index (χ2n) is 22.5. The number of aromatic nitrogens is 3. The van der Waals surface area contributed by atoms with Crippen molar-refractivity contribution in [1.29, 1.82) is 0 Å². The van der Waals surface area contributed by atoms with E-state index in [-0.39, 0.29) is 72.6 Å². The van der Waals surface area contributed by atoms with Crippen molar-refractivity contribution in [2.24, 2.45) is 11.1 Å². The van der Waals surface area contributed by atoms with Gasteiger partial charge in [0.25, 0.3) is 5.91 Å². The largest absolute Gasteiger partial charge is 0.391 e. The zero-order valence-electron chi connectivity index (χ0n) is 45.6. The number of anilines is 3. The molecule has 4 aromatic rings. The summed E-state index contributed by atoms with van der Waals surface area (Å²) in [4.78, 5) is 103. The Balaban J connectivity index is 0.727. The zero-order chi connectivity index (χ0) is 55.0. The fourth-order valence-electron chi connectivity index (χ4n) is 11.2. The number of benzene rings is 2. The first-order valence-corrected chi connectivity index (χ1v) is 28.4. The van der Waals surface area contributed by atoms with Crippen LogP contribution in [0.2, 0.25) is 0 Å². The van der Waals surface area contributed by atoms with Crippen molar-refractivity contribution in [2.75, 3.05) is 63.1 Å². The first-order chi connectivity index (χ1) is 36.8. The van der Waals surface area contributed by atoms with Crippen LogP contribution in [0.25, 0.3) is 10.4 Å². The number of piperidine rings is 2. The van der Waals surface area contributed by atoms with Crippen molar-refractivity contribution in [3.8, 4) is 10.4 Å². The van der Waals surface area contributed by atoms with E-state index in [4.69, 9.17) is 10.7 Å². The van der Waals surface area contributed by atoms with Crippen LogP contribution in [0.15, 0.2) is 60.2 Å². The molecular weight excluding hydrogens is 997 g/mol. The van der Waals surface area contributed by atoms with Crippen molar-refractivity contribution >= 4 is 64.2 Å². The summed E-state index contributed by atoms with van der Waals surface area (Å²) < 4.78 is 0. The number of carbonyl (C=O) groups is 6. The highest BCUT2D eigenvalue weighted by Crippen LogP contribution is 2.33. The summed E-state index contributed by atoms with van der Waals surface area (Å²) in [6.07, 6.45) is 9.08. The molecule has 0 aliphatic carbocycles. The fourth-order valence-corrected chi connectivity index (χ4v) is 12.0. The minimum atomic E-state index is -0.891. The van der Waals surface area contributed by atoms with Gasteiger partial charge in [0.1, 0.15) is 17.9 Å². The maximum Gasteiger partial charge on any atom is 0.320 e. The Morgan fingerprint density at radius 3 is 2.21 bits per heavy atom. The Morgan fingerprint density at radius 1 is 0.857 bits per heavy atom. The third-order valence-corrected chi connectivity index (χ3v) is 16.7. The van der Waals surface area contributed by atoms with Gasteiger partial charge >= 0.3 is 6.03 Å². The topological polar surface area (TPSA) is 240 Å². The molecule has 2 aromatic carbocycles. The minimum absolute atomic E-state index is 0.00679. The van der Waals surface area contributed by atoms with E-state index >= 15 is 0 Å². The molecule has 414 valence electrons. The average molecular weight is 1080 g/mol. The normalized spacial score (nSPS) is 20.1. The van der Waals surface area contributed by atoms with Gasteiger partial charge in [-0.25, -0.2) is 19.7 Å². The number of thiazole rings is 1. The molecule has 20 heteroatoms. The van der Waals surface area contributed by atoms with Crippen LogP contribution in [0.1, 0.15) is 144 Å². The van der Waals surface area contributed by atoms with Crippen LogP contribution in [-0.4, -0.2) is 152 Å². The molecule has 19 nitrogen and oxygen atoms in total. The number of β-amino-alcohol motifs (C(OH)–C–C–N with tert-alkyl or cyclic N) is 1. The summed E-state index contributed by atoms with van der Waals surface area (Å²) in [6, 6.07) is 14.1. The van der Waals surface area contributed by atoms with Crippen LogP contribution < -0.4 is 26.6 Å². The number of nitrogens with two attached hydrogens (primary N) is 1. The number of unbranched alkanes of at least 4 members (excludes halogenated alkanes) is 4. The lowest BCUT2D eigenvalue weighted by Crippen LogP contribution is -2.57. The van der Waals surface area contributed by atoms with E-state index in [1.807, 2.05) is 93.4 Å². The molecule has 4 aliphatic heterocycles. The van der Waals surface area contributed by atoms with Gasteiger partial charge in [-0.05, 0) is 92.5 Å². The van der Waals surface area contributed by atoms with Gasteiger partial charge in [0.15, 0.2) is 11.5 Å². The Labute approximate surface area is 456 Å². The molecule has 2 aromatic heterocycles. The number of aryl methyl sites for hydroxylation is 1. The molecule has 7 amide bonds. The molecule has 6 N–H and O–H groups in total. The molecule has 0 saturated carbocycles. The van der Waals surface area contributed by atoms with Crippen LogP contribution in [0.5, 0.6) is 0 Å². The van der Waals surface area contributed by atoms with E-state index in [2.05, 4.69) is 43.0 Å². The molecule has 77 heavy (non-hydrogen) atoms. The van der Waals surface area contributed by atoms with E-state index in [1.54, 1.807) is 22.4 Å². The molecule has 0 bridgehead atoms. The number of primary amides is 1. The van der Waals surface area contributed by atoms with Crippen molar-refractivity contribution in [3.63, 3.8) is 0 Å². The molecule has 0 unspecified atom stereocenters. The van der Waals surface area contributed by atoms with Crippen molar-refractivity contribution in [1.82, 2.24) is 45.2 Å². The first-order valence-electron chi connectivity index (χ1n) is 27.5. The Kier molecular flexibility index (Phi) is 18.5. The number of amides is 7. The van der Waals surface area contributed by atoms with Gasteiger partial charge in [0.05, 0.1) is 40.5 Å². The van der Waals surface area contributed by atoms with E-state index in [0.29, 0.717) is 57.3 Å². The molecule has 4 fully saturated rings. The van der Waals surface area contributed by atoms with E-state index in [0.717, 1.165) is 85.3 Å². The molecule has 5 atom stereocenters. The second kappa shape index (κ2) is 25.2. The number of nitrogens with zero attached hydrogens (tertiary/aromatic N) is 8. The molecule has 0 radical (unpaired) electrons. The number of urea groups is 1. The Bertz CT molecular complexity index is 2720. The van der Waals surface area contributed by atoms with Crippen LogP contribution in [-0.2, 0) is 19.2 Å². The number of aliphatic hydroxyl groups is 1. The van der Waals surface area contributed by atoms with Gasteiger partial charge in [-0.3, -0.25) is 24.0 Å². The predicted molar refractivity (Wildman–Crippen MR) is 297 cm³/mol. The number of aliphatic hydroxyl groups excluding tert-OH is 1. The smallest absolute Gasteiger partial charge is 0.320 e. The summed E-state index contributed by atoms with van der Waals surface area (Å²) in [5, 5.41) is 20.0. The molecule has 4 saturated heterocycles. The van der Waals surface area contributed by atoms with E-state index < -0.39 is 29.5 Å². The summed E-state index contributed by atoms with van der Waals surface area (Å²) >= 11 is 1.58. The lowest BCUT2D eigenvalue weighted by Gasteiger charge is -2.37. The predicted octanol–water partition coefficient (Wildman–Crippen LogP) is 6.89. The van der Waals surface area contributed by atoms with Crippen LogP contribution in [0.4, 0.5) is 22.1 Å². The van der Waals surface area contributed by atoms with Crippen LogP contribution in [0.3, 0.4) is 0 Å². The lowest BCUT2D eigenvalue weighted by atomic mass is 9.85. The Hall–Kier alpha value is -6.67. The van der Waals surface area contributed by atoms with Gasteiger partial charge in [-0.2, -0.15) is 0 Å². The monoisotopic (exact) mass is 1070 g/mol. The van der Waals surface area contributed by atoms with Crippen molar-refractivity contribution in [3.05, 3.63) is 82.8 Å².